The third-order valence-electron chi connectivity index (χ3n) is 5.29. The predicted molar refractivity (Wildman–Crippen MR) is 102 cm³/mol. The lowest BCUT2D eigenvalue weighted by Crippen LogP contribution is -2.47. The van der Waals surface area contributed by atoms with Crippen LogP contribution in [-0.2, 0) is 0 Å². The second-order valence-electron chi connectivity index (χ2n) is 7.33. The maximum atomic E-state index is 11.1. The number of anilines is 1. The van der Waals surface area contributed by atoms with Crippen LogP contribution in [0.25, 0.3) is 16.6 Å². The summed E-state index contributed by atoms with van der Waals surface area (Å²) in [7, 11) is 0. The van der Waals surface area contributed by atoms with Crippen LogP contribution >= 0.6 is 0 Å². The SMILES string of the molecule is CC1(C)C(O)C(c2nc3ccccc3[nH]2)=C(N)N1c1ccc2c(c1)OCO2. The van der Waals surface area contributed by atoms with Gasteiger partial charge in [0, 0.05) is 11.8 Å². The molecule has 27 heavy (non-hydrogen) atoms. The quantitative estimate of drug-likeness (QED) is 0.647. The molecule has 1 atom stereocenters. The summed E-state index contributed by atoms with van der Waals surface area (Å²) in [6, 6.07) is 13.4. The van der Waals surface area contributed by atoms with Gasteiger partial charge in [0.1, 0.15) is 17.7 Å². The highest BCUT2D eigenvalue weighted by Crippen LogP contribution is 2.45. The molecule has 1 unspecified atom stereocenters. The average Bonchev–Trinajstić information content (AvgIpc) is 3.30. The second kappa shape index (κ2) is 5.40. The summed E-state index contributed by atoms with van der Waals surface area (Å²) in [6.45, 7) is 4.11. The number of nitrogens with two attached hydrogens (primary N) is 1. The Balaban J connectivity index is 1.65. The smallest absolute Gasteiger partial charge is 0.231 e. The van der Waals surface area contributed by atoms with E-state index in [1.807, 2.05) is 61.2 Å². The number of aromatic amines is 1. The van der Waals surface area contributed by atoms with Gasteiger partial charge in [0.15, 0.2) is 11.5 Å². The topological polar surface area (TPSA) is 96.6 Å². The number of H-pyrrole nitrogens is 1. The van der Waals surface area contributed by atoms with Gasteiger partial charge in [0.25, 0.3) is 0 Å². The van der Waals surface area contributed by atoms with Gasteiger partial charge in [-0.15, -0.1) is 0 Å². The number of aliphatic hydroxyl groups is 1. The van der Waals surface area contributed by atoms with E-state index in [1.165, 1.54) is 0 Å². The monoisotopic (exact) mass is 364 g/mol. The zero-order chi connectivity index (χ0) is 18.8. The van der Waals surface area contributed by atoms with Crippen LogP contribution in [-0.4, -0.2) is 33.5 Å². The Hall–Kier alpha value is -3.19. The van der Waals surface area contributed by atoms with E-state index in [4.69, 9.17) is 15.2 Å². The molecule has 2 aliphatic heterocycles. The standard InChI is InChI=1S/C20H20N4O3/c1-20(2)17(25)16(19-22-12-5-3-4-6-13(12)23-19)18(21)24(20)11-7-8-14-15(9-11)27-10-26-14/h3-9,17,25H,10,21H2,1-2H3,(H,22,23). The molecule has 0 saturated heterocycles. The third-order valence-corrected chi connectivity index (χ3v) is 5.29. The number of fused-ring (bicyclic) bond motifs is 2. The van der Waals surface area contributed by atoms with Gasteiger partial charge in [-0.2, -0.15) is 0 Å². The summed E-state index contributed by atoms with van der Waals surface area (Å²) in [6.07, 6.45) is -0.816. The Morgan fingerprint density at radius 3 is 2.78 bits per heavy atom. The molecule has 5 rings (SSSR count). The van der Waals surface area contributed by atoms with Crippen molar-refractivity contribution in [2.45, 2.75) is 25.5 Å². The van der Waals surface area contributed by atoms with Crippen LogP contribution in [0.5, 0.6) is 11.5 Å². The number of aliphatic hydroxyl groups excluding tert-OH is 1. The molecule has 3 heterocycles. The van der Waals surface area contributed by atoms with E-state index in [9.17, 15) is 5.11 Å². The first-order chi connectivity index (χ1) is 13.0. The molecule has 0 spiro atoms. The fraction of sp³-hybridized carbons (Fsp3) is 0.250. The number of ether oxygens (including phenoxy) is 2. The van der Waals surface area contributed by atoms with E-state index < -0.39 is 11.6 Å². The summed E-state index contributed by atoms with van der Waals surface area (Å²) >= 11 is 0. The van der Waals surface area contributed by atoms with E-state index >= 15 is 0 Å². The summed E-state index contributed by atoms with van der Waals surface area (Å²) < 4.78 is 10.9. The maximum absolute atomic E-state index is 11.1. The number of aromatic nitrogens is 2. The number of nitrogens with zero attached hydrogens (tertiary/aromatic N) is 2. The van der Waals surface area contributed by atoms with Crippen LogP contribution in [0.2, 0.25) is 0 Å². The fourth-order valence-electron chi connectivity index (χ4n) is 3.87. The highest BCUT2D eigenvalue weighted by atomic mass is 16.7. The number of imidazole rings is 1. The molecule has 0 radical (unpaired) electrons. The van der Waals surface area contributed by atoms with Gasteiger partial charge in [0.2, 0.25) is 6.79 Å². The molecular weight excluding hydrogens is 344 g/mol. The van der Waals surface area contributed by atoms with E-state index in [1.54, 1.807) is 0 Å². The van der Waals surface area contributed by atoms with E-state index in [-0.39, 0.29) is 6.79 Å². The van der Waals surface area contributed by atoms with Crippen molar-refractivity contribution in [1.29, 1.82) is 0 Å². The van der Waals surface area contributed by atoms with Crippen molar-refractivity contribution >= 4 is 22.3 Å². The minimum Gasteiger partial charge on any atom is -0.454 e. The van der Waals surface area contributed by atoms with E-state index in [0.29, 0.717) is 28.7 Å². The molecule has 0 amide bonds. The highest BCUT2D eigenvalue weighted by molar-refractivity contribution is 5.84. The molecule has 0 bridgehead atoms. The largest absolute Gasteiger partial charge is 0.454 e. The molecule has 4 N–H and O–H groups in total. The molecule has 2 aliphatic rings. The molecule has 2 aromatic carbocycles. The highest BCUT2D eigenvalue weighted by Gasteiger charge is 2.47. The van der Waals surface area contributed by atoms with Crippen molar-refractivity contribution in [1.82, 2.24) is 9.97 Å². The minimum atomic E-state index is -0.816. The minimum absolute atomic E-state index is 0.209. The number of rotatable bonds is 2. The van der Waals surface area contributed by atoms with Gasteiger partial charge in [-0.1, -0.05) is 12.1 Å². The zero-order valence-corrected chi connectivity index (χ0v) is 15.1. The number of hydrogen-bond donors (Lipinski definition) is 3. The van der Waals surface area contributed by atoms with Crippen LogP contribution in [0.15, 0.2) is 48.3 Å². The first-order valence-electron chi connectivity index (χ1n) is 8.79. The number of hydrogen-bond acceptors (Lipinski definition) is 6. The Morgan fingerprint density at radius 2 is 1.96 bits per heavy atom. The molecule has 7 heteroatoms. The van der Waals surface area contributed by atoms with Crippen LogP contribution in [0, 0.1) is 0 Å². The molecular formula is C20H20N4O3. The summed E-state index contributed by atoms with van der Waals surface area (Å²) in [5, 5.41) is 11.1. The molecule has 138 valence electrons. The lowest BCUT2D eigenvalue weighted by molar-refractivity contribution is 0.165. The summed E-state index contributed by atoms with van der Waals surface area (Å²) in [5.74, 6) is 2.42. The fourth-order valence-corrected chi connectivity index (χ4v) is 3.87. The zero-order valence-electron chi connectivity index (χ0n) is 15.1. The van der Waals surface area contributed by atoms with Crippen molar-refractivity contribution in [3.63, 3.8) is 0 Å². The van der Waals surface area contributed by atoms with Crippen LogP contribution in [0.1, 0.15) is 19.7 Å². The molecule has 7 nitrogen and oxygen atoms in total. The normalized spacial score (nSPS) is 20.7. The summed E-state index contributed by atoms with van der Waals surface area (Å²) in [5.41, 5.74) is 9.03. The molecule has 3 aromatic rings. The van der Waals surface area contributed by atoms with Crippen molar-refractivity contribution in [2.75, 3.05) is 11.7 Å². The Morgan fingerprint density at radius 1 is 1.19 bits per heavy atom. The number of nitrogens with one attached hydrogen (secondary N) is 1. The van der Waals surface area contributed by atoms with Crippen LogP contribution in [0.3, 0.4) is 0 Å². The summed E-state index contributed by atoms with van der Waals surface area (Å²) in [4.78, 5) is 9.81. The van der Waals surface area contributed by atoms with Gasteiger partial charge >= 0.3 is 0 Å². The second-order valence-corrected chi connectivity index (χ2v) is 7.33. The van der Waals surface area contributed by atoms with Crippen molar-refractivity contribution < 1.29 is 14.6 Å². The van der Waals surface area contributed by atoms with Gasteiger partial charge in [-0.25, -0.2) is 4.98 Å². The van der Waals surface area contributed by atoms with Crippen LogP contribution in [0.4, 0.5) is 5.69 Å². The number of benzene rings is 2. The van der Waals surface area contributed by atoms with Crippen molar-refractivity contribution in [3.05, 3.63) is 54.1 Å². The Kier molecular flexibility index (Phi) is 3.21. The van der Waals surface area contributed by atoms with Gasteiger partial charge in [-0.05, 0) is 38.1 Å². The third kappa shape index (κ3) is 2.21. The molecule has 0 aliphatic carbocycles. The van der Waals surface area contributed by atoms with Crippen LogP contribution < -0.4 is 20.1 Å². The first-order valence-corrected chi connectivity index (χ1v) is 8.79. The molecule has 0 saturated carbocycles. The molecule has 0 fully saturated rings. The lowest BCUT2D eigenvalue weighted by Gasteiger charge is -2.36. The van der Waals surface area contributed by atoms with Gasteiger partial charge in [-0.3, -0.25) is 0 Å². The molecule has 1 aromatic heterocycles. The van der Waals surface area contributed by atoms with E-state index in [2.05, 4.69) is 9.97 Å². The van der Waals surface area contributed by atoms with E-state index in [0.717, 1.165) is 16.7 Å². The Labute approximate surface area is 156 Å². The van der Waals surface area contributed by atoms with Crippen molar-refractivity contribution in [2.24, 2.45) is 5.73 Å². The van der Waals surface area contributed by atoms with Gasteiger partial charge < -0.3 is 30.2 Å². The van der Waals surface area contributed by atoms with Crippen molar-refractivity contribution in [3.8, 4) is 11.5 Å². The number of para-hydroxylation sites is 2. The average molecular weight is 364 g/mol. The first kappa shape index (κ1) is 16.0. The Bertz CT molecular complexity index is 1050. The predicted octanol–water partition coefficient (Wildman–Crippen LogP) is 2.58. The van der Waals surface area contributed by atoms with Gasteiger partial charge in [0.05, 0.1) is 22.1 Å². The lowest BCUT2D eigenvalue weighted by atomic mass is 9.93. The maximum Gasteiger partial charge on any atom is 0.231 e.